The normalized spacial score (nSPS) is 11.1. The Morgan fingerprint density at radius 2 is 1.89 bits per heavy atom. The summed E-state index contributed by atoms with van der Waals surface area (Å²) in [5.41, 5.74) is 2.47. The second-order valence-corrected chi connectivity index (χ2v) is 8.78. The first kappa shape index (κ1) is 18.8. The Kier molecular flexibility index (Phi) is 5.28. The fraction of sp³-hybridized carbons (Fsp3) is 0.0952. The molecule has 142 valence electrons. The molecule has 0 atom stereocenters. The van der Waals surface area contributed by atoms with Crippen LogP contribution in [0.15, 0.2) is 64.5 Å². The minimum atomic E-state index is -0.347. The monoisotopic (exact) mass is 460 g/mol. The van der Waals surface area contributed by atoms with Gasteiger partial charge in [0.15, 0.2) is 0 Å². The summed E-state index contributed by atoms with van der Waals surface area (Å²) in [5.74, 6) is -0.954. The summed E-state index contributed by atoms with van der Waals surface area (Å²) >= 11 is 4.97. The highest BCUT2D eigenvalue weighted by molar-refractivity contribution is 9.11. The molecule has 2 heterocycles. The summed E-state index contributed by atoms with van der Waals surface area (Å²) in [4.78, 5) is 12.8. The summed E-state index contributed by atoms with van der Waals surface area (Å²) in [7, 11) is 0. The van der Waals surface area contributed by atoms with E-state index < -0.39 is 0 Å². The molecule has 4 rings (SSSR count). The van der Waals surface area contributed by atoms with E-state index >= 15 is 0 Å². The van der Waals surface area contributed by atoms with Crippen LogP contribution < -0.4 is 5.32 Å². The highest BCUT2D eigenvalue weighted by atomic mass is 79.9. The maximum absolute atomic E-state index is 14.2. The van der Waals surface area contributed by atoms with Crippen LogP contribution in [0.25, 0.3) is 10.2 Å². The van der Waals surface area contributed by atoms with Gasteiger partial charge in [0.1, 0.15) is 17.3 Å². The van der Waals surface area contributed by atoms with Gasteiger partial charge in [-0.15, -0.1) is 11.3 Å². The number of thiophene rings is 1. The van der Waals surface area contributed by atoms with Crippen molar-refractivity contribution in [2.45, 2.75) is 13.1 Å². The number of carbonyl (C=O) groups excluding carboxylic acids is 1. The SMILES string of the molecule is O=C(NCc1cccc(F)c1)c1cc2sc(Br)cc2n1Cc1ccccc1F. The molecule has 28 heavy (non-hydrogen) atoms. The molecule has 0 aliphatic rings. The van der Waals surface area contributed by atoms with E-state index in [0.717, 1.165) is 14.0 Å². The Hall–Kier alpha value is -2.51. The first-order valence-electron chi connectivity index (χ1n) is 8.56. The highest BCUT2D eigenvalue weighted by Gasteiger charge is 2.18. The fourth-order valence-electron chi connectivity index (χ4n) is 3.09. The number of fused-ring (bicyclic) bond motifs is 1. The Labute approximate surface area is 172 Å². The molecular formula is C21H15BrF2N2OS. The van der Waals surface area contributed by atoms with E-state index in [2.05, 4.69) is 21.2 Å². The summed E-state index contributed by atoms with van der Waals surface area (Å²) < 4.78 is 31.2. The molecule has 0 spiro atoms. The topological polar surface area (TPSA) is 34.0 Å². The number of hydrogen-bond donors (Lipinski definition) is 1. The molecule has 1 amide bonds. The lowest BCUT2D eigenvalue weighted by atomic mass is 10.2. The van der Waals surface area contributed by atoms with Gasteiger partial charge in [-0.25, -0.2) is 8.78 Å². The van der Waals surface area contributed by atoms with Crippen LogP contribution in [0.5, 0.6) is 0 Å². The van der Waals surface area contributed by atoms with Gasteiger partial charge >= 0.3 is 0 Å². The van der Waals surface area contributed by atoms with Crippen LogP contribution >= 0.6 is 27.3 Å². The quantitative estimate of drug-likeness (QED) is 0.405. The minimum absolute atomic E-state index is 0.207. The molecule has 0 fully saturated rings. The minimum Gasteiger partial charge on any atom is -0.347 e. The lowest BCUT2D eigenvalue weighted by Crippen LogP contribution is -2.25. The van der Waals surface area contributed by atoms with Crippen molar-refractivity contribution in [3.05, 3.63) is 92.9 Å². The average Bonchev–Trinajstić information content (AvgIpc) is 3.18. The van der Waals surface area contributed by atoms with Gasteiger partial charge in [-0.2, -0.15) is 0 Å². The van der Waals surface area contributed by atoms with Crippen molar-refractivity contribution in [1.82, 2.24) is 9.88 Å². The van der Waals surface area contributed by atoms with E-state index in [1.54, 1.807) is 41.0 Å². The Balaban J connectivity index is 1.65. The first-order valence-corrected chi connectivity index (χ1v) is 10.2. The van der Waals surface area contributed by atoms with Gasteiger partial charge in [-0.3, -0.25) is 4.79 Å². The van der Waals surface area contributed by atoms with E-state index in [9.17, 15) is 13.6 Å². The maximum Gasteiger partial charge on any atom is 0.268 e. The molecule has 0 aliphatic carbocycles. The third-order valence-corrected chi connectivity index (χ3v) is 5.99. The zero-order valence-electron chi connectivity index (χ0n) is 14.6. The molecule has 0 saturated carbocycles. The smallest absolute Gasteiger partial charge is 0.268 e. The van der Waals surface area contributed by atoms with Crippen molar-refractivity contribution in [2.75, 3.05) is 0 Å². The van der Waals surface area contributed by atoms with Crippen LogP contribution in [0.1, 0.15) is 21.6 Å². The fourth-order valence-corrected chi connectivity index (χ4v) is 4.65. The number of nitrogens with one attached hydrogen (secondary N) is 1. The van der Waals surface area contributed by atoms with Gasteiger partial charge in [0.05, 0.1) is 20.5 Å². The van der Waals surface area contributed by atoms with Crippen molar-refractivity contribution >= 4 is 43.4 Å². The van der Waals surface area contributed by atoms with Gasteiger partial charge in [0.25, 0.3) is 5.91 Å². The van der Waals surface area contributed by atoms with Crippen molar-refractivity contribution in [2.24, 2.45) is 0 Å². The average molecular weight is 461 g/mol. The van der Waals surface area contributed by atoms with Gasteiger partial charge in [0.2, 0.25) is 0 Å². The molecule has 2 aromatic carbocycles. The molecule has 0 saturated heterocycles. The molecular weight excluding hydrogens is 446 g/mol. The standard InChI is InChI=1S/C21H15BrF2N2OS/c22-20-10-17-19(28-20)9-18(26(17)12-14-5-1-2-7-16(14)24)21(27)25-11-13-4-3-6-15(23)8-13/h1-10H,11-12H2,(H,25,27). The van der Waals surface area contributed by atoms with Crippen LogP contribution in [0, 0.1) is 11.6 Å². The predicted molar refractivity (Wildman–Crippen MR) is 111 cm³/mol. The molecule has 3 nitrogen and oxygen atoms in total. The Bertz CT molecular complexity index is 1170. The molecule has 2 aromatic heterocycles. The number of nitrogens with zero attached hydrogens (tertiary/aromatic N) is 1. The van der Waals surface area contributed by atoms with Crippen molar-refractivity contribution in [1.29, 1.82) is 0 Å². The second-order valence-electron chi connectivity index (χ2n) is 6.32. The van der Waals surface area contributed by atoms with Gasteiger partial charge in [-0.05, 0) is 51.8 Å². The van der Waals surface area contributed by atoms with Crippen LogP contribution in [0.4, 0.5) is 8.78 Å². The Morgan fingerprint density at radius 3 is 2.68 bits per heavy atom. The zero-order chi connectivity index (χ0) is 19.7. The highest BCUT2D eigenvalue weighted by Crippen LogP contribution is 2.33. The molecule has 0 bridgehead atoms. The lowest BCUT2D eigenvalue weighted by molar-refractivity contribution is 0.0942. The predicted octanol–water partition coefficient (Wildman–Crippen LogP) is 5.72. The molecule has 7 heteroatoms. The molecule has 1 N–H and O–H groups in total. The van der Waals surface area contributed by atoms with Crippen molar-refractivity contribution < 1.29 is 13.6 Å². The van der Waals surface area contributed by atoms with Gasteiger partial charge in [-0.1, -0.05) is 30.3 Å². The van der Waals surface area contributed by atoms with Gasteiger partial charge in [0, 0.05) is 12.1 Å². The Morgan fingerprint density at radius 1 is 1.07 bits per heavy atom. The summed E-state index contributed by atoms with van der Waals surface area (Å²) in [6, 6.07) is 16.3. The number of rotatable bonds is 5. The van der Waals surface area contributed by atoms with E-state index in [1.807, 2.05) is 6.07 Å². The van der Waals surface area contributed by atoms with E-state index in [0.29, 0.717) is 16.8 Å². The number of halogens is 3. The largest absolute Gasteiger partial charge is 0.347 e. The van der Waals surface area contributed by atoms with Gasteiger partial charge < -0.3 is 9.88 Å². The summed E-state index contributed by atoms with van der Waals surface area (Å²) in [5, 5.41) is 2.82. The van der Waals surface area contributed by atoms with E-state index in [-0.39, 0.29) is 30.6 Å². The lowest BCUT2D eigenvalue weighted by Gasteiger charge is -2.12. The van der Waals surface area contributed by atoms with Crippen LogP contribution in [0.2, 0.25) is 0 Å². The first-order chi connectivity index (χ1) is 13.5. The molecule has 0 radical (unpaired) electrons. The van der Waals surface area contributed by atoms with Crippen LogP contribution in [-0.2, 0) is 13.1 Å². The second kappa shape index (κ2) is 7.85. The van der Waals surface area contributed by atoms with Crippen LogP contribution in [-0.4, -0.2) is 10.5 Å². The number of hydrogen-bond acceptors (Lipinski definition) is 2. The van der Waals surface area contributed by atoms with Crippen molar-refractivity contribution in [3.8, 4) is 0 Å². The molecule has 0 aliphatic heterocycles. The maximum atomic E-state index is 14.2. The third kappa shape index (κ3) is 3.86. The summed E-state index contributed by atoms with van der Waals surface area (Å²) in [6.07, 6.45) is 0. The van der Waals surface area contributed by atoms with E-state index in [4.69, 9.17) is 0 Å². The summed E-state index contributed by atoms with van der Waals surface area (Å²) in [6.45, 7) is 0.445. The van der Waals surface area contributed by atoms with Crippen molar-refractivity contribution in [3.63, 3.8) is 0 Å². The molecule has 4 aromatic rings. The molecule has 0 unspecified atom stereocenters. The number of aromatic nitrogens is 1. The van der Waals surface area contributed by atoms with E-state index in [1.165, 1.54) is 29.5 Å². The number of amides is 1. The number of benzene rings is 2. The number of carbonyl (C=O) groups is 1. The zero-order valence-corrected chi connectivity index (χ0v) is 17.0. The van der Waals surface area contributed by atoms with Crippen LogP contribution in [0.3, 0.4) is 0 Å². The third-order valence-electron chi connectivity index (χ3n) is 4.42.